The van der Waals surface area contributed by atoms with E-state index in [2.05, 4.69) is 5.32 Å². The number of β-lactam (4-membered cyclic amide) rings is 1. The van der Waals surface area contributed by atoms with Crippen LogP contribution in [0, 0.1) is 11.2 Å². The van der Waals surface area contributed by atoms with Crippen molar-refractivity contribution in [2.45, 2.75) is 62.4 Å². The van der Waals surface area contributed by atoms with Gasteiger partial charge in [0.2, 0.25) is 5.91 Å². The monoisotopic (exact) mass is 739 g/mol. The van der Waals surface area contributed by atoms with Crippen LogP contribution in [0.5, 0.6) is 0 Å². The smallest absolute Gasteiger partial charge is 0.335 e. The standard InChI is InChI=1S/C41H42FN3O9/c42-30-12-14-31(15-13-30)43-40(53)44-18-16-41(17-19-44)37(27-10-8-26(9-11-27)28-2-1-3-29(21-28)38(50)51)45(39(41)52)22-25-6-4-24(5-7-25)20-32-34(47)36(49)35(48)33(23-46)54-32/h1-15,21,32-37,46-49H,16-20,22-23H2,(H,43,53)(H,50,51). The second-order valence-electron chi connectivity index (χ2n) is 14.3. The van der Waals surface area contributed by atoms with E-state index in [1.807, 2.05) is 59.5 Å². The van der Waals surface area contributed by atoms with Gasteiger partial charge < -0.3 is 45.4 Å². The van der Waals surface area contributed by atoms with Crippen LogP contribution in [0.25, 0.3) is 11.1 Å². The lowest BCUT2D eigenvalue weighted by Crippen LogP contribution is -2.66. The van der Waals surface area contributed by atoms with Crippen molar-refractivity contribution in [3.8, 4) is 11.1 Å². The van der Waals surface area contributed by atoms with Gasteiger partial charge in [0.05, 0.1) is 29.7 Å². The molecule has 54 heavy (non-hydrogen) atoms. The minimum Gasteiger partial charge on any atom is -0.478 e. The van der Waals surface area contributed by atoms with Gasteiger partial charge in [-0.05, 0) is 77.1 Å². The summed E-state index contributed by atoms with van der Waals surface area (Å²) >= 11 is 0. The number of anilines is 1. The van der Waals surface area contributed by atoms with Crippen molar-refractivity contribution < 1.29 is 49.0 Å². The molecular weight excluding hydrogens is 697 g/mol. The lowest BCUT2D eigenvalue weighted by Gasteiger charge is -2.59. The number of aromatic carboxylic acids is 1. The third kappa shape index (κ3) is 7.20. The van der Waals surface area contributed by atoms with E-state index in [0.717, 1.165) is 27.8 Å². The molecule has 12 nitrogen and oxygen atoms in total. The number of carboxylic acids is 1. The summed E-state index contributed by atoms with van der Waals surface area (Å²) in [5.41, 5.74) is 4.05. The molecule has 3 fully saturated rings. The molecule has 0 radical (unpaired) electrons. The Hall–Kier alpha value is -5.18. The fourth-order valence-corrected chi connectivity index (χ4v) is 7.99. The third-order valence-electron chi connectivity index (χ3n) is 11.0. The van der Waals surface area contributed by atoms with Gasteiger partial charge in [0.15, 0.2) is 0 Å². The van der Waals surface area contributed by atoms with E-state index in [-0.39, 0.29) is 30.0 Å². The minimum absolute atomic E-state index is 0.0188. The summed E-state index contributed by atoms with van der Waals surface area (Å²) in [6, 6.07) is 26.8. The number of nitrogens with one attached hydrogen (secondary N) is 1. The Kier molecular flexibility index (Phi) is 10.5. The Morgan fingerprint density at radius 2 is 1.46 bits per heavy atom. The molecule has 7 rings (SSSR count). The lowest BCUT2D eigenvalue weighted by atomic mass is 9.62. The Morgan fingerprint density at radius 3 is 2.11 bits per heavy atom. The Labute approximate surface area is 311 Å². The van der Waals surface area contributed by atoms with Crippen molar-refractivity contribution in [3.63, 3.8) is 0 Å². The summed E-state index contributed by atoms with van der Waals surface area (Å²) in [4.78, 5) is 42.4. The molecule has 6 unspecified atom stereocenters. The molecule has 3 aliphatic rings. The van der Waals surface area contributed by atoms with Crippen LogP contribution in [-0.2, 0) is 22.5 Å². The van der Waals surface area contributed by atoms with Crippen LogP contribution in [0.1, 0.15) is 45.9 Å². The summed E-state index contributed by atoms with van der Waals surface area (Å²) in [5.74, 6) is -1.44. The van der Waals surface area contributed by atoms with Crippen LogP contribution in [0.3, 0.4) is 0 Å². The van der Waals surface area contributed by atoms with Gasteiger partial charge in [0, 0.05) is 31.7 Å². The number of ether oxygens (including phenoxy) is 1. The van der Waals surface area contributed by atoms with E-state index < -0.39 is 54.3 Å². The number of rotatable bonds is 9. The summed E-state index contributed by atoms with van der Waals surface area (Å²) in [6.07, 6.45) is -4.97. The summed E-state index contributed by atoms with van der Waals surface area (Å²) in [6.45, 7) is 0.489. The quantitative estimate of drug-likeness (QED) is 0.139. The van der Waals surface area contributed by atoms with Crippen molar-refractivity contribution in [1.82, 2.24) is 9.80 Å². The van der Waals surface area contributed by atoms with Gasteiger partial charge >= 0.3 is 12.0 Å². The zero-order valence-corrected chi connectivity index (χ0v) is 29.3. The molecule has 0 aromatic heterocycles. The van der Waals surface area contributed by atoms with E-state index in [1.54, 1.807) is 17.0 Å². The van der Waals surface area contributed by atoms with Gasteiger partial charge in [-0.1, -0.05) is 60.7 Å². The van der Waals surface area contributed by atoms with Crippen molar-refractivity contribution in [2.75, 3.05) is 25.0 Å². The fraction of sp³-hybridized carbons (Fsp3) is 0.341. The van der Waals surface area contributed by atoms with Gasteiger partial charge in [0.1, 0.15) is 30.2 Å². The van der Waals surface area contributed by atoms with Crippen LogP contribution in [0.2, 0.25) is 0 Å². The zero-order chi connectivity index (χ0) is 38.1. The molecule has 3 saturated heterocycles. The zero-order valence-electron chi connectivity index (χ0n) is 29.3. The Balaban J connectivity index is 1.09. The fourth-order valence-electron chi connectivity index (χ4n) is 7.99. The molecule has 13 heteroatoms. The highest BCUT2D eigenvalue weighted by molar-refractivity contribution is 5.93. The van der Waals surface area contributed by atoms with Crippen molar-refractivity contribution in [1.29, 1.82) is 0 Å². The molecule has 4 aromatic carbocycles. The summed E-state index contributed by atoms with van der Waals surface area (Å²) in [7, 11) is 0. The number of carboxylic acid groups (broad SMARTS) is 1. The maximum absolute atomic E-state index is 14.2. The first-order valence-electron chi connectivity index (χ1n) is 17.9. The molecule has 1 spiro atoms. The van der Waals surface area contributed by atoms with Crippen molar-refractivity contribution >= 4 is 23.6 Å². The molecule has 3 heterocycles. The second kappa shape index (κ2) is 15.3. The first-order valence-corrected chi connectivity index (χ1v) is 17.9. The molecule has 3 amide bonds. The SMILES string of the molecule is O=C(O)c1cccc(-c2ccc(C3N(Cc4ccc(CC5OC(CO)C(O)C(O)C5O)cc4)C(=O)C34CCN(C(=O)Nc3ccc(F)cc3)CC4)cc2)c1. The number of halogens is 1. The number of piperidine rings is 1. The molecule has 0 saturated carbocycles. The maximum Gasteiger partial charge on any atom is 0.335 e. The maximum atomic E-state index is 14.2. The third-order valence-corrected chi connectivity index (χ3v) is 11.0. The van der Waals surface area contributed by atoms with Crippen LogP contribution >= 0.6 is 0 Å². The topological polar surface area (TPSA) is 180 Å². The van der Waals surface area contributed by atoms with E-state index >= 15 is 0 Å². The number of aliphatic hydroxyl groups is 4. The molecule has 282 valence electrons. The van der Waals surface area contributed by atoms with Gasteiger partial charge in [-0.25, -0.2) is 14.0 Å². The highest BCUT2D eigenvalue weighted by atomic mass is 19.1. The summed E-state index contributed by atoms with van der Waals surface area (Å²) in [5, 5.41) is 52.7. The predicted octanol–water partition coefficient (Wildman–Crippen LogP) is 3.97. The molecule has 0 aliphatic carbocycles. The number of hydrogen-bond donors (Lipinski definition) is 6. The Bertz CT molecular complexity index is 1980. The molecule has 0 bridgehead atoms. The molecule has 4 aromatic rings. The summed E-state index contributed by atoms with van der Waals surface area (Å²) < 4.78 is 19.1. The van der Waals surface area contributed by atoms with Gasteiger partial charge in [-0.3, -0.25) is 4.79 Å². The molecule has 6 atom stereocenters. The van der Waals surface area contributed by atoms with E-state index in [4.69, 9.17) is 4.74 Å². The largest absolute Gasteiger partial charge is 0.478 e. The van der Waals surface area contributed by atoms with E-state index in [9.17, 15) is 44.3 Å². The van der Waals surface area contributed by atoms with Gasteiger partial charge in [-0.2, -0.15) is 0 Å². The van der Waals surface area contributed by atoms with Gasteiger partial charge in [-0.15, -0.1) is 0 Å². The van der Waals surface area contributed by atoms with Crippen molar-refractivity contribution in [3.05, 3.63) is 125 Å². The number of amides is 3. The van der Waals surface area contributed by atoms with E-state index in [1.165, 1.54) is 30.3 Å². The number of carbonyl (C=O) groups excluding carboxylic acids is 2. The minimum atomic E-state index is -1.46. The average molecular weight is 740 g/mol. The number of nitrogens with zero attached hydrogens (tertiary/aromatic N) is 2. The van der Waals surface area contributed by atoms with Crippen LogP contribution in [0.15, 0.2) is 97.1 Å². The van der Waals surface area contributed by atoms with Crippen LogP contribution in [0.4, 0.5) is 14.9 Å². The van der Waals surface area contributed by atoms with Crippen molar-refractivity contribution in [2.24, 2.45) is 5.41 Å². The van der Waals surface area contributed by atoms with E-state index in [0.29, 0.717) is 38.2 Å². The van der Waals surface area contributed by atoms with Gasteiger partial charge in [0.25, 0.3) is 0 Å². The molecule has 3 aliphatic heterocycles. The molecule has 6 N–H and O–H groups in total. The number of aliphatic hydroxyl groups excluding tert-OH is 4. The average Bonchev–Trinajstić information content (AvgIpc) is 3.19. The first kappa shape index (κ1) is 37.1. The van der Waals surface area contributed by atoms with Crippen LogP contribution in [-0.4, -0.2) is 103 Å². The predicted molar refractivity (Wildman–Crippen MR) is 195 cm³/mol. The Morgan fingerprint density at radius 1 is 0.815 bits per heavy atom. The molecular formula is C41H42FN3O9. The number of urea groups is 1. The highest BCUT2D eigenvalue weighted by Gasteiger charge is 2.61. The number of likely N-dealkylation sites (tertiary alicyclic amines) is 2. The number of benzene rings is 4. The number of carbonyl (C=O) groups is 3. The van der Waals surface area contributed by atoms with Crippen LogP contribution < -0.4 is 5.32 Å². The highest BCUT2D eigenvalue weighted by Crippen LogP contribution is 2.56. The second-order valence-corrected chi connectivity index (χ2v) is 14.3. The lowest BCUT2D eigenvalue weighted by molar-refractivity contribution is -0.228. The first-order chi connectivity index (χ1) is 26.0. The number of hydrogen-bond acceptors (Lipinski definition) is 8. The normalized spacial score (nSPS) is 24.9.